The highest BCUT2D eigenvalue weighted by atomic mass is 79.9. The summed E-state index contributed by atoms with van der Waals surface area (Å²) in [5.41, 5.74) is 3.49. The van der Waals surface area contributed by atoms with Crippen LogP contribution in [0.25, 0.3) is 0 Å². The molecule has 0 aliphatic heterocycles. The number of halogens is 1. The van der Waals surface area contributed by atoms with Gasteiger partial charge in [0.1, 0.15) is 0 Å². The summed E-state index contributed by atoms with van der Waals surface area (Å²) in [5, 5.41) is 0. The molecular formula is C9H13Br. The molecule has 0 aromatic rings. The number of alkyl halides is 1. The van der Waals surface area contributed by atoms with Gasteiger partial charge in [-0.1, -0.05) is 27.1 Å². The van der Waals surface area contributed by atoms with Crippen molar-refractivity contribution in [3.63, 3.8) is 0 Å². The molecule has 0 heterocycles. The Kier molecular flexibility index (Phi) is 1.63. The van der Waals surface area contributed by atoms with Crippen LogP contribution in [0.3, 0.4) is 0 Å². The zero-order valence-corrected chi connectivity index (χ0v) is 7.95. The number of hydrogen-bond acceptors (Lipinski definition) is 0. The van der Waals surface area contributed by atoms with E-state index >= 15 is 0 Å². The van der Waals surface area contributed by atoms with Crippen LogP contribution in [0.4, 0.5) is 0 Å². The maximum absolute atomic E-state index is 3.65. The van der Waals surface area contributed by atoms with E-state index in [0.29, 0.717) is 4.83 Å². The maximum Gasteiger partial charge on any atom is 0.0329 e. The van der Waals surface area contributed by atoms with E-state index in [-0.39, 0.29) is 0 Å². The van der Waals surface area contributed by atoms with Crippen LogP contribution in [0.5, 0.6) is 0 Å². The van der Waals surface area contributed by atoms with E-state index in [1.807, 2.05) is 0 Å². The number of fused-ring (bicyclic) bond motifs is 2. The van der Waals surface area contributed by atoms with Gasteiger partial charge in [-0.05, 0) is 38.5 Å². The minimum atomic E-state index is 0.646. The van der Waals surface area contributed by atoms with Crippen LogP contribution in [0, 0.1) is 5.92 Å². The van der Waals surface area contributed by atoms with Gasteiger partial charge in [-0.25, -0.2) is 0 Å². The standard InChI is InChI=1S/C9H13Br/c1-6(10)9-5-7-2-3-8(9)4-7/h6-7H,2-5H2,1H3. The fourth-order valence-electron chi connectivity index (χ4n) is 2.30. The first-order valence-corrected chi connectivity index (χ1v) is 5.04. The summed E-state index contributed by atoms with van der Waals surface area (Å²) >= 11 is 3.65. The minimum Gasteiger partial charge on any atom is -0.0845 e. The van der Waals surface area contributed by atoms with Crippen molar-refractivity contribution in [2.45, 2.75) is 37.4 Å². The highest BCUT2D eigenvalue weighted by Crippen LogP contribution is 2.46. The number of rotatable bonds is 1. The van der Waals surface area contributed by atoms with E-state index in [0.717, 1.165) is 5.92 Å². The smallest absolute Gasteiger partial charge is 0.0329 e. The molecule has 56 valence electrons. The van der Waals surface area contributed by atoms with Crippen molar-refractivity contribution in [1.82, 2.24) is 0 Å². The lowest BCUT2D eigenvalue weighted by molar-refractivity contribution is 0.558. The second-order valence-corrected chi connectivity index (χ2v) is 4.93. The zero-order chi connectivity index (χ0) is 7.14. The Hall–Kier alpha value is 0.220. The molecule has 0 nitrogen and oxygen atoms in total. The molecule has 2 rings (SSSR count). The summed E-state index contributed by atoms with van der Waals surface area (Å²) in [7, 11) is 0. The van der Waals surface area contributed by atoms with Crippen molar-refractivity contribution in [1.29, 1.82) is 0 Å². The fraction of sp³-hybridized carbons (Fsp3) is 0.778. The number of hydrogen-bond donors (Lipinski definition) is 0. The predicted octanol–water partition coefficient (Wildman–Crippen LogP) is 3.27. The van der Waals surface area contributed by atoms with Crippen LogP contribution in [0.2, 0.25) is 0 Å². The number of allylic oxidation sites excluding steroid dienone is 2. The summed E-state index contributed by atoms with van der Waals surface area (Å²) in [5.74, 6) is 1.03. The molecule has 0 N–H and O–H groups in total. The molecule has 1 fully saturated rings. The summed E-state index contributed by atoms with van der Waals surface area (Å²) in [6.45, 7) is 2.25. The van der Waals surface area contributed by atoms with Gasteiger partial charge in [0.15, 0.2) is 0 Å². The van der Waals surface area contributed by atoms with Gasteiger partial charge in [0.25, 0.3) is 0 Å². The molecule has 0 aromatic carbocycles. The van der Waals surface area contributed by atoms with Crippen molar-refractivity contribution >= 4 is 15.9 Å². The summed E-state index contributed by atoms with van der Waals surface area (Å²) in [4.78, 5) is 0.646. The third-order valence-electron chi connectivity index (χ3n) is 2.83. The highest BCUT2D eigenvalue weighted by Gasteiger charge is 2.31. The molecule has 2 atom stereocenters. The summed E-state index contributed by atoms with van der Waals surface area (Å²) in [6.07, 6.45) is 5.68. The van der Waals surface area contributed by atoms with Crippen molar-refractivity contribution in [3.05, 3.63) is 11.1 Å². The van der Waals surface area contributed by atoms with Crippen LogP contribution in [0.1, 0.15) is 32.6 Å². The van der Waals surface area contributed by atoms with Gasteiger partial charge in [-0.3, -0.25) is 0 Å². The van der Waals surface area contributed by atoms with E-state index in [2.05, 4.69) is 22.9 Å². The van der Waals surface area contributed by atoms with Crippen LogP contribution < -0.4 is 0 Å². The van der Waals surface area contributed by atoms with Crippen LogP contribution in [0.15, 0.2) is 11.1 Å². The van der Waals surface area contributed by atoms with Crippen molar-refractivity contribution < 1.29 is 0 Å². The third-order valence-corrected chi connectivity index (χ3v) is 3.38. The van der Waals surface area contributed by atoms with Crippen molar-refractivity contribution in [2.75, 3.05) is 0 Å². The average molecular weight is 201 g/mol. The first-order chi connectivity index (χ1) is 4.77. The second-order valence-electron chi connectivity index (χ2n) is 3.56. The molecule has 10 heavy (non-hydrogen) atoms. The Balaban J connectivity index is 2.22. The summed E-state index contributed by atoms with van der Waals surface area (Å²) < 4.78 is 0. The molecule has 1 saturated carbocycles. The van der Waals surface area contributed by atoms with E-state index in [1.165, 1.54) is 25.7 Å². The average Bonchev–Trinajstić information content (AvgIpc) is 2.44. The molecule has 0 radical (unpaired) electrons. The largest absolute Gasteiger partial charge is 0.0845 e. The van der Waals surface area contributed by atoms with Gasteiger partial charge in [-0.15, -0.1) is 0 Å². The quantitative estimate of drug-likeness (QED) is 0.451. The van der Waals surface area contributed by atoms with Crippen LogP contribution >= 0.6 is 15.9 Å². The van der Waals surface area contributed by atoms with Gasteiger partial charge < -0.3 is 0 Å². The first-order valence-electron chi connectivity index (χ1n) is 4.12. The first kappa shape index (κ1) is 6.90. The molecule has 2 bridgehead atoms. The topological polar surface area (TPSA) is 0 Å². The predicted molar refractivity (Wildman–Crippen MR) is 47.4 cm³/mol. The zero-order valence-electron chi connectivity index (χ0n) is 6.36. The monoisotopic (exact) mass is 200 g/mol. The molecule has 1 heteroatoms. The van der Waals surface area contributed by atoms with Gasteiger partial charge in [-0.2, -0.15) is 0 Å². The van der Waals surface area contributed by atoms with Gasteiger partial charge in [0, 0.05) is 4.83 Å². The maximum atomic E-state index is 3.65. The molecule has 0 saturated heterocycles. The van der Waals surface area contributed by atoms with E-state index < -0.39 is 0 Å². The lowest BCUT2D eigenvalue weighted by Gasteiger charge is -2.13. The molecule has 2 aliphatic carbocycles. The van der Waals surface area contributed by atoms with Crippen LogP contribution in [-0.2, 0) is 0 Å². The van der Waals surface area contributed by atoms with Gasteiger partial charge in [0.05, 0.1) is 0 Å². The Bertz CT molecular complexity index is 179. The Morgan fingerprint density at radius 3 is 2.60 bits per heavy atom. The SMILES string of the molecule is CC(Br)C1=C2CCC(C2)C1. The Labute approximate surface area is 70.8 Å². The Morgan fingerprint density at radius 2 is 2.30 bits per heavy atom. The van der Waals surface area contributed by atoms with E-state index in [1.54, 1.807) is 11.1 Å². The lowest BCUT2D eigenvalue weighted by atomic mass is 9.98. The minimum absolute atomic E-state index is 0.646. The molecule has 0 aromatic heterocycles. The summed E-state index contributed by atoms with van der Waals surface area (Å²) in [6, 6.07) is 0. The molecule has 0 amide bonds. The van der Waals surface area contributed by atoms with Gasteiger partial charge in [0.2, 0.25) is 0 Å². The van der Waals surface area contributed by atoms with Crippen LogP contribution in [-0.4, -0.2) is 4.83 Å². The second kappa shape index (κ2) is 2.37. The van der Waals surface area contributed by atoms with E-state index in [4.69, 9.17) is 0 Å². The fourth-order valence-corrected chi connectivity index (χ4v) is 2.81. The third kappa shape index (κ3) is 0.952. The Morgan fingerprint density at radius 1 is 1.50 bits per heavy atom. The van der Waals surface area contributed by atoms with Crippen molar-refractivity contribution in [2.24, 2.45) is 5.92 Å². The molecule has 0 spiro atoms. The molecule has 2 unspecified atom stereocenters. The van der Waals surface area contributed by atoms with Gasteiger partial charge >= 0.3 is 0 Å². The lowest BCUT2D eigenvalue weighted by Crippen LogP contribution is -2.01. The molecule has 2 aliphatic rings. The van der Waals surface area contributed by atoms with Crippen molar-refractivity contribution in [3.8, 4) is 0 Å². The molecular weight excluding hydrogens is 188 g/mol. The normalized spacial score (nSPS) is 33.6. The highest BCUT2D eigenvalue weighted by molar-refractivity contribution is 9.09. The van der Waals surface area contributed by atoms with E-state index in [9.17, 15) is 0 Å².